The molecule has 0 amide bonds. The third-order valence-corrected chi connectivity index (χ3v) is 2.37. The van der Waals surface area contributed by atoms with Gasteiger partial charge in [0.25, 0.3) is 0 Å². The van der Waals surface area contributed by atoms with E-state index < -0.39 is 0 Å². The van der Waals surface area contributed by atoms with E-state index in [1.54, 1.807) is 6.20 Å². The minimum absolute atomic E-state index is 0.108. The lowest BCUT2D eigenvalue weighted by Gasteiger charge is -2.15. The lowest BCUT2D eigenvalue weighted by Crippen LogP contribution is -2.16. The Kier molecular flexibility index (Phi) is 3.15. The second kappa shape index (κ2) is 3.94. The van der Waals surface area contributed by atoms with Gasteiger partial charge in [-0.25, -0.2) is 0 Å². The van der Waals surface area contributed by atoms with E-state index in [9.17, 15) is 0 Å². The summed E-state index contributed by atoms with van der Waals surface area (Å²) >= 11 is 0. The van der Waals surface area contributed by atoms with Crippen LogP contribution in [0.1, 0.15) is 33.1 Å². The molecule has 1 saturated heterocycles. The zero-order chi connectivity index (χ0) is 9.03. The van der Waals surface area contributed by atoms with E-state index in [0.717, 1.165) is 18.9 Å². The SMILES string of the molecule is CC1(C)C[C@@H](CCC=CN)CO1. The van der Waals surface area contributed by atoms with Crippen LogP contribution in [0.15, 0.2) is 12.3 Å². The lowest BCUT2D eigenvalue weighted by molar-refractivity contribution is 0.0349. The van der Waals surface area contributed by atoms with Crippen molar-refractivity contribution in [3.8, 4) is 0 Å². The molecular formula is C10H19NO. The maximum atomic E-state index is 5.63. The van der Waals surface area contributed by atoms with Crippen LogP contribution in [0.25, 0.3) is 0 Å². The molecule has 0 aromatic carbocycles. The van der Waals surface area contributed by atoms with Crippen LogP contribution in [0.2, 0.25) is 0 Å². The smallest absolute Gasteiger partial charge is 0.0630 e. The summed E-state index contributed by atoms with van der Waals surface area (Å²) in [6.07, 6.45) is 7.12. The van der Waals surface area contributed by atoms with Crippen LogP contribution >= 0.6 is 0 Å². The predicted molar refractivity (Wildman–Crippen MR) is 50.7 cm³/mol. The summed E-state index contributed by atoms with van der Waals surface area (Å²) < 4.78 is 5.63. The fourth-order valence-electron chi connectivity index (χ4n) is 1.77. The molecule has 0 aromatic heterocycles. The van der Waals surface area contributed by atoms with Crippen molar-refractivity contribution in [2.24, 2.45) is 11.7 Å². The Morgan fingerprint density at radius 2 is 2.33 bits per heavy atom. The highest BCUT2D eigenvalue weighted by Crippen LogP contribution is 2.31. The third-order valence-electron chi connectivity index (χ3n) is 2.37. The largest absolute Gasteiger partial charge is 0.405 e. The van der Waals surface area contributed by atoms with Crippen molar-refractivity contribution in [3.05, 3.63) is 12.3 Å². The maximum absolute atomic E-state index is 5.63. The van der Waals surface area contributed by atoms with Crippen molar-refractivity contribution in [1.82, 2.24) is 0 Å². The van der Waals surface area contributed by atoms with Gasteiger partial charge in [0.15, 0.2) is 0 Å². The zero-order valence-electron chi connectivity index (χ0n) is 8.05. The molecule has 0 radical (unpaired) electrons. The van der Waals surface area contributed by atoms with Crippen LogP contribution in [-0.4, -0.2) is 12.2 Å². The van der Waals surface area contributed by atoms with Gasteiger partial charge in [-0.2, -0.15) is 0 Å². The minimum atomic E-state index is 0.108. The van der Waals surface area contributed by atoms with E-state index in [2.05, 4.69) is 13.8 Å². The van der Waals surface area contributed by atoms with Crippen LogP contribution in [0.3, 0.4) is 0 Å². The first-order chi connectivity index (χ1) is 5.64. The predicted octanol–water partition coefficient (Wildman–Crippen LogP) is 2.05. The Labute approximate surface area is 74.8 Å². The summed E-state index contributed by atoms with van der Waals surface area (Å²) in [7, 11) is 0. The van der Waals surface area contributed by atoms with Crippen molar-refractivity contribution in [2.75, 3.05) is 6.61 Å². The fourth-order valence-corrected chi connectivity index (χ4v) is 1.77. The molecule has 0 aliphatic carbocycles. The number of allylic oxidation sites excluding steroid dienone is 1. The summed E-state index contributed by atoms with van der Waals surface area (Å²) in [6, 6.07) is 0. The molecule has 2 heteroatoms. The Bertz CT molecular complexity index is 163. The summed E-state index contributed by atoms with van der Waals surface area (Å²) in [6.45, 7) is 5.24. The van der Waals surface area contributed by atoms with Gasteiger partial charge < -0.3 is 10.5 Å². The Hall–Kier alpha value is -0.500. The molecule has 1 heterocycles. The average Bonchev–Trinajstić information content (AvgIpc) is 2.31. The molecule has 2 N–H and O–H groups in total. The van der Waals surface area contributed by atoms with Gasteiger partial charge in [0.1, 0.15) is 0 Å². The van der Waals surface area contributed by atoms with Gasteiger partial charge in [0, 0.05) is 0 Å². The van der Waals surface area contributed by atoms with Crippen LogP contribution in [0, 0.1) is 5.92 Å². The van der Waals surface area contributed by atoms with E-state index in [1.807, 2.05) is 6.08 Å². The van der Waals surface area contributed by atoms with E-state index in [-0.39, 0.29) is 5.60 Å². The Morgan fingerprint density at radius 1 is 1.58 bits per heavy atom. The summed E-state index contributed by atoms with van der Waals surface area (Å²) in [5.74, 6) is 0.733. The van der Waals surface area contributed by atoms with Crippen molar-refractivity contribution < 1.29 is 4.74 Å². The molecule has 2 nitrogen and oxygen atoms in total. The van der Waals surface area contributed by atoms with Gasteiger partial charge in [-0.1, -0.05) is 6.08 Å². The van der Waals surface area contributed by atoms with Crippen molar-refractivity contribution in [3.63, 3.8) is 0 Å². The molecule has 1 aliphatic rings. The standard InChI is InChI=1S/C10H19NO/c1-10(2)7-9(8-12-10)5-3-4-6-11/h4,6,9H,3,5,7-8,11H2,1-2H3/t9-/m1/s1. The van der Waals surface area contributed by atoms with Gasteiger partial charge in [-0.05, 0) is 45.2 Å². The molecule has 0 aromatic rings. The molecule has 0 saturated carbocycles. The molecule has 1 fully saturated rings. The average molecular weight is 169 g/mol. The molecule has 1 rings (SSSR count). The van der Waals surface area contributed by atoms with E-state index in [4.69, 9.17) is 10.5 Å². The van der Waals surface area contributed by atoms with Crippen LogP contribution < -0.4 is 5.73 Å². The van der Waals surface area contributed by atoms with Crippen molar-refractivity contribution in [1.29, 1.82) is 0 Å². The number of ether oxygens (including phenoxy) is 1. The van der Waals surface area contributed by atoms with Gasteiger partial charge in [-0.15, -0.1) is 0 Å². The van der Waals surface area contributed by atoms with Gasteiger partial charge in [-0.3, -0.25) is 0 Å². The van der Waals surface area contributed by atoms with E-state index >= 15 is 0 Å². The van der Waals surface area contributed by atoms with Crippen LogP contribution in [-0.2, 0) is 4.74 Å². The Morgan fingerprint density at radius 3 is 2.83 bits per heavy atom. The van der Waals surface area contributed by atoms with Gasteiger partial charge >= 0.3 is 0 Å². The Balaban J connectivity index is 2.19. The van der Waals surface area contributed by atoms with Crippen molar-refractivity contribution in [2.45, 2.75) is 38.7 Å². The fraction of sp³-hybridized carbons (Fsp3) is 0.800. The second-order valence-corrected chi connectivity index (χ2v) is 4.15. The topological polar surface area (TPSA) is 35.2 Å². The third kappa shape index (κ3) is 2.86. The molecule has 0 spiro atoms. The summed E-state index contributed by atoms with van der Waals surface area (Å²) in [5.41, 5.74) is 5.36. The number of rotatable bonds is 3. The first-order valence-corrected chi connectivity index (χ1v) is 4.65. The maximum Gasteiger partial charge on any atom is 0.0630 e. The highest BCUT2D eigenvalue weighted by Gasteiger charge is 2.30. The van der Waals surface area contributed by atoms with Gasteiger partial charge in [0.05, 0.1) is 12.2 Å². The molecular weight excluding hydrogens is 150 g/mol. The molecule has 0 bridgehead atoms. The van der Waals surface area contributed by atoms with E-state index in [1.165, 1.54) is 12.8 Å². The molecule has 70 valence electrons. The highest BCUT2D eigenvalue weighted by atomic mass is 16.5. The quantitative estimate of drug-likeness (QED) is 0.701. The lowest BCUT2D eigenvalue weighted by atomic mass is 9.94. The molecule has 12 heavy (non-hydrogen) atoms. The zero-order valence-corrected chi connectivity index (χ0v) is 8.05. The number of hydrogen-bond acceptors (Lipinski definition) is 2. The van der Waals surface area contributed by atoms with Gasteiger partial charge in [0.2, 0.25) is 0 Å². The van der Waals surface area contributed by atoms with Crippen LogP contribution in [0.4, 0.5) is 0 Å². The summed E-state index contributed by atoms with van der Waals surface area (Å²) in [5, 5.41) is 0. The number of hydrogen-bond donors (Lipinski definition) is 1. The first kappa shape index (κ1) is 9.59. The summed E-state index contributed by atoms with van der Waals surface area (Å²) in [4.78, 5) is 0. The molecule has 1 atom stereocenters. The normalized spacial score (nSPS) is 28.3. The second-order valence-electron chi connectivity index (χ2n) is 4.15. The molecule has 0 unspecified atom stereocenters. The minimum Gasteiger partial charge on any atom is -0.405 e. The van der Waals surface area contributed by atoms with Crippen molar-refractivity contribution >= 4 is 0 Å². The van der Waals surface area contributed by atoms with Crippen LogP contribution in [0.5, 0.6) is 0 Å². The molecule has 1 aliphatic heterocycles. The number of nitrogens with two attached hydrogens (primary N) is 1. The monoisotopic (exact) mass is 169 g/mol. The highest BCUT2D eigenvalue weighted by molar-refractivity contribution is 4.83. The first-order valence-electron chi connectivity index (χ1n) is 4.65. The van der Waals surface area contributed by atoms with E-state index in [0.29, 0.717) is 0 Å².